The lowest BCUT2D eigenvalue weighted by atomic mass is 9.95. The first-order valence-electron chi connectivity index (χ1n) is 9.59. The Morgan fingerprint density at radius 1 is 1.15 bits per heavy atom. The molecule has 2 aliphatic heterocycles. The molecular weight excluding hydrogens is 346 g/mol. The highest BCUT2D eigenvalue weighted by molar-refractivity contribution is 5.85. The second-order valence-electron chi connectivity index (χ2n) is 7.36. The molecule has 0 spiro atoms. The summed E-state index contributed by atoms with van der Waals surface area (Å²) < 4.78 is 0. The van der Waals surface area contributed by atoms with Crippen LogP contribution in [0.5, 0.6) is 0 Å². The summed E-state index contributed by atoms with van der Waals surface area (Å²) in [4.78, 5) is 39.6. The lowest BCUT2D eigenvalue weighted by Crippen LogP contribution is -2.38. The topological polar surface area (TPSA) is 90.0 Å². The molecule has 0 bridgehead atoms. The zero-order valence-corrected chi connectivity index (χ0v) is 15.5. The zero-order valence-electron chi connectivity index (χ0n) is 15.5. The number of aliphatic carboxylic acids is 1. The van der Waals surface area contributed by atoms with Gasteiger partial charge in [-0.1, -0.05) is 30.3 Å². The van der Waals surface area contributed by atoms with Crippen LogP contribution in [-0.4, -0.2) is 65.4 Å². The van der Waals surface area contributed by atoms with E-state index < -0.39 is 17.8 Å². The molecule has 0 aromatic heterocycles. The van der Waals surface area contributed by atoms with E-state index in [1.165, 1.54) is 0 Å². The maximum atomic E-state index is 12.5. The van der Waals surface area contributed by atoms with Gasteiger partial charge in [-0.15, -0.1) is 0 Å². The summed E-state index contributed by atoms with van der Waals surface area (Å²) in [6.45, 7) is 3.37. The van der Waals surface area contributed by atoms with Crippen molar-refractivity contribution in [2.45, 2.75) is 25.8 Å². The molecule has 0 unspecified atom stereocenters. The molecule has 1 aromatic rings. The van der Waals surface area contributed by atoms with Gasteiger partial charge in [0.05, 0.1) is 11.8 Å². The van der Waals surface area contributed by atoms with Gasteiger partial charge in [0, 0.05) is 45.7 Å². The predicted octanol–water partition coefficient (Wildman–Crippen LogP) is 0.948. The molecule has 2 fully saturated rings. The molecule has 2 aliphatic rings. The van der Waals surface area contributed by atoms with Gasteiger partial charge in [-0.25, -0.2) is 0 Å². The first-order valence-corrected chi connectivity index (χ1v) is 9.59. The van der Waals surface area contributed by atoms with Crippen LogP contribution in [0.3, 0.4) is 0 Å². The van der Waals surface area contributed by atoms with Crippen LogP contribution in [0.15, 0.2) is 30.3 Å². The van der Waals surface area contributed by atoms with E-state index in [2.05, 4.69) is 5.32 Å². The Morgan fingerprint density at radius 2 is 1.89 bits per heavy atom. The first kappa shape index (κ1) is 19.4. The number of carbonyl (C=O) groups is 3. The minimum absolute atomic E-state index is 0.180. The largest absolute Gasteiger partial charge is 0.481 e. The Labute approximate surface area is 159 Å². The average Bonchev–Trinajstić information content (AvgIpc) is 3.26. The van der Waals surface area contributed by atoms with Crippen molar-refractivity contribution in [1.29, 1.82) is 0 Å². The second kappa shape index (κ2) is 8.99. The fourth-order valence-corrected chi connectivity index (χ4v) is 3.92. The second-order valence-corrected chi connectivity index (χ2v) is 7.36. The standard InChI is InChI=1S/C20H27N3O4/c24-18-8-4-10-23(18)11-5-9-21-19(25)16-13-22(14-17(16)20(26)27)12-15-6-2-1-3-7-15/h1-3,6-7,16-17H,4-5,8-14H2,(H,21,25)(H,26,27)/t16-,17+/m0/s1. The van der Waals surface area contributed by atoms with E-state index in [0.29, 0.717) is 45.6 Å². The van der Waals surface area contributed by atoms with Gasteiger partial charge in [0.1, 0.15) is 0 Å². The van der Waals surface area contributed by atoms with E-state index in [-0.39, 0.29) is 11.8 Å². The van der Waals surface area contributed by atoms with Crippen molar-refractivity contribution in [2.24, 2.45) is 11.8 Å². The molecule has 7 heteroatoms. The summed E-state index contributed by atoms with van der Waals surface area (Å²) in [5, 5.41) is 12.4. The predicted molar refractivity (Wildman–Crippen MR) is 99.8 cm³/mol. The Balaban J connectivity index is 1.48. The van der Waals surface area contributed by atoms with Crippen LogP contribution in [0.1, 0.15) is 24.8 Å². The van der Waals surface area contributed by atoms with Gasteiger partial charge in [0.25, 0.3) is 0 Å². The van der Waals surface area contributed by atoms with Gasteiger partial charge in [-0.05, 0) is 18.4 Å². The van der Waals surface area contributed by atoms with E-state index in [1.807, 2.05) is 40.1 Å². The minimum Gasteiger partial charge on any atom is -0.481 e. The number of carboxylic acids is 1. The molecule has 2 N–H and O–H groups in total. The summed E-state index contributed by atoms with van der Waals surface area (Å²) >= 11 is 0. The number of amides is 2. The third-order valence-electron chi connectivity index (χ3n) is 5.37. The van der Waals surface area contributed by atoms with E-state index in [9.17, 15) is 19.5 Å². The van der Waals surface area contributed by atoms with E-state index in [4.69, 9.17) is 0 Å². The summed E-state index contributed by atoms with van der Waals surface area (Å²) in [7, 11) is 0. The van der Waals surface area contributed by atoms with E-state index in [1.54, 1.807) is 0 Å². The SMILES string of the molecule is O=C(NCCCN1CCCC1=O)[C@H]1CN(Cc2ccccc2)C[C@H]1C(=O)O. The van der Waals surface area contributed by atoms with Gasteiger partial charge in [-0.2, -0.15) is 0 Å². The fourth-order valence-electron chi connectivity index (χ4n) is 3.92. The Hall–Kier alpha value is -2.41. The smallest absolute Gasteiger partial charge is 0.308 e. The van der Waals surface area contributed by atoms with Crippen molar-refractivity contribution in [2.75, 3.05) is 32.7 Å². The Kier molecular flexibility index (Phi) is 6.45. The van der Waals surface area contributed by atoms with Crippen molar-refractivity contribution >= 4 is 17.8 Å². The van der Waals surface area contributed by atoms with Gasteiger partial charge >= 0.3 is 5.97 Å². The molecule has 146 valence electrons. The van der Waals surface area contributed by atoms with Crippen LogP contribution >= 0.6 is 0 Å². The molecule has 3 rings (SSSR count). The quantitative estimate of drug-likeness (QED) is 0.662. The van der Waals surface area contributed by atoms with Crippen molar-refractivity contribution in [3.63, 3.8) is 0 Å². The highest BCUT2D eigenvalue weighted by Gasteiger charge is 2.41. The molecule has 27 heavy (non-hydrogen) atoms. The molecular formula is C20H27N3O4. The number of nitrogens with one attached hydrogen (secondary N) is 1. The molecule has 2 amide bonds. The molecule has 1 aromatic carbocycles. The molecule has 0 aliphatic carbocycles. The number of carbonyl (C=O) groups excluding carboxylic acids is 2. The highest BCUT2D eigenvalue weighted by atomic mass is 16.4. The van der Waals surface area contributed by atoms with Crippen molar-refractivity contribution in [1.82, 2.24) is 15.1 Å². The number of hydrogen-bond donors (Lipinski definition) is 2. The summed E-state index contributed by atoms with van der Waals surface area (Å²) in [5.41, 5.74) is 1.11. The van der Waals surface area contributed by atoms with E-state index in [0.717, 1.165) is 18.5 Å². The van der Waals surface area contributed by atoms with Crippen molar-refractivity contribution in [3.05, 3.63) is 35.9 Å². The molecule has 2 heterocycles. The number of rotatable bonds is 8. The molecule has 2 saturated heterocycles. The summed E-state index contributed by atoms with van der Waals surface area (Å²) in [5.74, 6) is -2.17. The number of nitrogens with zero attached hydrogens (tertiary/aromatic N) is 2. The molecule has 2 atom stereocenters. The van der Waals surface area contributed by atoms with Gasteiger partial charge < -0.3 is 15.3 Å². The number of likely N-dealkylation sites (tertiary alicyclic amines) is 2. The number of carboxylic acid groups (broad SMARTS) is 1. The van der Waals surface area contributed by atoms with Crippen molar-refractivity contribution in [3.8, 4) is 0 Å². The third kappa shape index (κ3) is 5.07. The maximum Gasteiger partial charge on any atom is 0.308 e. The highest BCUT2D eigenvalue weighted by Crippen LogP contribution is 2.25. The lowest BCUT2D eigenvalue weighted by molar-refractivity contribution is -0.145. The van der Waals surface area contributed by atoms with Gasteiger partial charge in [0.15, 0.2) is 0 Å². The number of benzene rings is 1. The minimum atomic E-state index is -0.923. The summed E-state index contributed by atoms with van der Waals surface area (Å²) in [6, 6.07) is 9.86. The Morgan fingerprint density at radius 3 is 2.56 bits per heavy atom. The van der Waals surface area contributed by atoms with Crippen LogP contribution in [-0.2, 0) is 20.9 Å². The van der Waals surface area contributed by atoms with Crippen LogP contribution in [0.2, 0.25) is 0 Å². The molecule has 0 saturated carbocycles. The lowest BCUT2D eigenvalue weighted by Gasteiger charge is -2.17. The summed E-state index contributed by atoms with van der Waals surface area (Å²) in [6.07, 6.45) is 2.21. The van der Waals surface area contributed by atoms with Crippen molar-refractivity contribution < 1.29 is 19.5 Å². The maximum absolute atomic E-state index is 12.5. The number of hydrogen-bond acceptors (Lipinski definition) is 4. The van der Waals surface area contributed by atoms with Crippen LogP contribution in [0.4, 0.5) is 0 Å². The average molecular weight is 373 g/mol. The van der Waals surface area contributed by atoms with Crippen LogP contribution in [0, 0.1) is 11.8 Å². The van der Waals surface area contributed by atoms with Gasteiger partial charge in [-0.3, -0.25) is 19.3 Å². The monoisotopic (exact) mass is 373 g/mol. The fraction of sp³-hybridized carbons (Fsp3) is 0.550. The van der Waals surface area contributed by atoms with Gasteiger partial charge in [0.2, 0.25) is 11.8 Å². The molecule has 0 radical (unpaired) electrons. The Bertz CT molecular complexity index is 679. The molecule has 7 nitrogen and oxygen atoms in total. The normalized spacial score (nSPS) is 23.0. The third-order valence-corrected chi connectivity index (χ3v) is 5.37. The zero-order chi connectivity index (χ0) is 19.2. The van der Waals surface area contributed by atoms with Crippen LogP contribution in [0.25, 0.3) is 0 Å². The van der Waals surface area contributed by atoms with Crippen LogP contribution < -0.4 is 5.32 Å². The van der Waals surface area contributed by atoms with E-state index >= 15 is 0 Å². The first-order chi connectivity index (χ1) is 13.0.